The maximum absolute atomic E-state index is 13.9. The van der Waals surface area contributed by atoms with Crippen LogP contribution in [0.15, 0.2) is 107 Å². The highest BCUT2D eigenvalue weighted by atomic mass is 32.2. The molecule has 2 amide bonds. The fourth-order valence-corrected chi connectivity index (χ4v) is 8.25. The summed E-state index contributed by atoms with van der Waals surface area (Å²) in [6.45, 7) is 0. The third-order valence-electron chi connectivity index (χ3n) is 7.32. The number of benzene rings is 3. The van der Waals surface area contributed by atoms with Crippen molar-refractivity contribution in [1.82, 2.24) is 0 Å². The van der Waals surface area contributed by atoms with Crippen LogP contribution in [0.1, 0.15) is 54.4 Å². The molecule has 2 N–H and O–H groups in total. The largest absolute Gasteiger partial charge is 0.321 e. The van der Waals surface area contributed by atoms with Gasteiger partial charge in [-0.15, -0.1) is 34.4 Å². The highest BCUT2D eigenvalue weighted by Gasteiger charge is 2.29. The molecule has 208 valence electrons. The van der Waals surface area contributed by atoms with Crippen LogP contribution < -0.4 is 10.6 Å². The number of carbonyl (C=O) groups excluding carboxylic acids is 2. The molecule has 2 unspecified atom stereocenters. The van der Waals surface area contributed by atoms with Crippen molar-refractivity contribution in [3.05, 3.63) is 134 Å². The topological polar surface area (TPSA) is 82.0 Å². The maximum atomic E-state index is 13.9. The highest BCUT2D eigenvalue weighted by molar-refractivity contribution is 8.00. The summed E-state index contributed by atoms with van der Waals surface area (Å²) in [5.41, 5.74) is 4.50. The molecule has 0 spiro atoms. The van der Waals surface area contributed by atoms with Gasteiger partial charge in [0.15, 0.2) is 0 Å². The number of fused-ring (bicyclic) bond motifs is 1. The predicted molar refractivity (Wildman–Crippen MR) is 173 cm³/mol. The van der Waals surface area contributed by atoms with Crippen molar-refractivity contribution in [2.75, 3.05) is 10.6 Å². The number of anilines is 2. The van der Waals surface area contributed by atoms with E-state index in [4.69, 9.17) is 0 Å². The van der Waals surface area contributed by atoms with E-state index in [1.165, 1.54) is 44.9 Å². The summed E-state index contributed by atoms with van der Waals surface area (Å²) in [5, 5.41) is 18.1. The predicted octanol–water partition coefficient (Wildman–Crippen LogP) is 8.68. The molecular formula is C34H27N3O2S3. The van der Waals surface area contributed by atoms with Crippen molar-refractivity contribution < 1.29 is 9.59 Å². The number of thioether (sulfide) groups is 1. The first kappa shape index (κ1) is 28.0. The minimum absolute atomic E-state index is 0.162. The molecule has 3 aromatic carbocycles. The number of carbonyl (C=O) groups is 2. The summed E-state index contributed by atoms with van der Waals surface area (Å²) in [7, 11) is 0. The number of rotatable bonds is 8. The zero-order chi connectivity index (χ0) is 28.9. The number of hydrogen-bond donors (Lipinski definition) is 2. The van der Waals surface area contributed by atoms with Gasteiger partial charge in [-0.3, -0.25) is 9.59 Å². The van der Waals surface area contributed by atoms with Gasteiger partial charge < -0.3 is 10.6 Å². The van der Waals surface area contributed by atoms with E-state index < -0.39 is 5.25 Å². The molecule has 0 saturated heterocycles. The summed E-state index contributed by atoms with van der Waals surface area (Å²) in [6.07, 6.45) is 2.68. The van der Waals surface area contributed by atoms with E-state index in [2.05, 4.69) is 41.0 Å². The minimum atomic E-state index is -0.558. The number of amides is 2. The van der Waals surface area contributed by atoms with Crippen LogP contribution in [0, 0.1) is 11.3 Å². The van der Waals surface area contributed by atoms with Crippen LogP contribution in [0.4, 0.5) is 10.7 Å². The molecule has 42 heavy (non-hydrogen) atoms. The lowest BCUT2D eigenvalue weighted by Gasteiger charge is -2.22. The lowest BCUT2D eigenvalue weighted by Crippen LogP contribution is -2.19. The van der Waals surface area contributed by atoms with Gasteiger partial charge in [-0.05, 0) is 71.5 Å². The van der Waals surface area contributed by atoms with Crippen LogP contribution in [-0.2, 0) is 17.6 Å². The zero-order valence-corrected chi connectivity index (χ0v) is 25.0. The monoisotopic (exact) mass is 605 g/mol. The Morgan fingerprint density at radius 2 is 1.71 bits per heavy atom. The highest BCUT2D eigenvalue weighted by Crippen LogP contribution is 2.43. The molecule has 5 aromatic rings. The van der Waals surface area contributed by atoms with Crippen LogP contribution in [0.2, 0.25) is 0 Å². The van der Waals surface area contributed by atoms with E-state index in [-0.39, 0.29) is 11.8 Å². The van der Waals surface area contributed by atoms with Gasteiger partial charge in [0.2, 0.25) is 5.91 Å². The summed E-state index contributed by atoms with van der Waals surface area (Å²) in [4.78, 5) is 29.2. The average molecular weight is 606 g/mol. The molecule has 0 fully saturated rings. The van der Waals surface area contributed by atoms with Crippen LogP contribution in [-0.4, -0.2) is 11.8 Å². The molecule has 1 aliphatic carbocycles. The molecule has 5 nitrogen and oxygen atoms in total. The number of nitrogens with zero attached hydrogens (tertiary/aromatic N) is 1. The number of nitrogens with one attached hydrogen (secondary N) is 2. The van der Waals surface area contributed by atoms with E-state index in [9.17, 15) is 14.9 Å². The smallest absolute Gasteiger partial charge is 0.265 e. The van der Waals surface area contributed by atoms with Crippen molar-refractivity contribution >= 4 is 56.9 Å². The fourth-order valence-electron chi connectivity index (χ4n) is 5.26. The van der Waals surface area contributed by atoms with Crippen LogP contribution in [0.25, 0.3) is 0 Å². The Bertz CT molecular complexity index is 1740. The van der Waals surface area contributed by atoms with Crippen molar-refractivity contribution in [1.29, 1.82) is 5.26 Å². The summed E-state index contributed by atoms with van der Waals surface area (Å²) in [5.74, 6) is 0.0614. The Kier molecular flexibility index (Phi) is 8.52. The van der Waals surface area contributed by atoms with Gasteiger partial charge in [-0.25, -0.2) is 0 Å². The van der Waals surface area contributed by atoms with Crippen LogP contribution in [0.5, 0.6) is 0 Å². The summed E-state index contributed by atoms with van der Waals surface area (Å²) < 4.78 is 0. The molecule has 2 aromatic heterocycles. The first-order chi connectivity index (χ1) is 20.6. The summed E-state index contributed by atoms with van der Waals surface area (Å²) >= 11 is 4.33. The van der Waals surface area contributed by atoms with Crippen molar-refractivity contribution in [2.45, 2.75) is 35.3 Å². The average Bonchev–Trinajstić information content (AvgIpc) is 3.69. The third kappa shape index (κ3) is 6.19. The normalized spacial score (nSPS) is 14.8. The number of nitriles is 1. The SMILES string of the molecule is N#Cc1c(NC(=O)C(Sc2cccc(NC(=O)c3cccs3)c2)c2ccccc2)sc2c1CCC(c1ccccc1)C2. The first-order valence-corrected chi connectivity index (χ1v) is 16.2. The molecule has 1 aliphatic rings. The van der Waals surface area contributed by atoms with Gasteiger partial charge in [0.05, 0.1) is 10.4 Å². The molecule has 0 aliphatic heterocycles. The zero-order valence-electron chi connectivity index (χ0n) is 22.6. The lowest BCUT2D eigenvalue weighted by molar-refractivity contribution is -0.115. The van der Waals surface area contributed by atoms with Gasteiger partial charge >= 0.3 is 0 Å². The van der Waals surface area contributed by atoms with Gasteiger partial charge in [0, 0.05) is 15.5 Å². The Hall–Kier alpha value is -4.16. The van der Waals surface area contributed by atoms with Gasteiger partial charge in [0.25, 0.3) is 5.91 Å². The molecule has 2 heterocycles. The van der Waals surface area contributed by atoms with Gasteiger partial charge in [0.1, 0.15) is 16.3 Å². The van der Waals surface area contributed by atoms with Crippen molar-refractivity contribution in [2.24, 2.45) is 0 Å². The quantitative estimate of drug-likeness (QED) is 0.173. The molecular weight excluding hydrogens is 579 g/mol. The second kappa shape index (κ2) is 12.8. The molecule has 2 atom stereocenters. The number of hydrogen-bond acceptors (Lipinski definition) is 6. The van der Waals surface area contributed by atoms with Crippen molar-refractivity contribution in [3.8, 4) is 6.07 Å². The molecule has 0 bridgehead atoms. The molecule has 6 rings (SSSR count). The van der Waals surface area contributed by atoms with Crippen molar-refractivity contribution in [3.63, 3.8) is 0 Å². The van der Waals surface area contributed by atoms with E-state index in [0.29, 0.717) is 27.0 Å². The van der Waals surface area contributed by atoms with E-state index >= 15 is 0 Å². The van der Waals surface area contributed by atoms with E-state index in [1.54, 1.807) is 6.07 Å². The standard InChI is InChI=1S/C34H27N3O2S3/c35-21-28-27-17-16-24(22-9-3-1-4-10-22)19-30(27)42-34(28)37-33(39)31(23-11-5-2-6-12-23)41-26-14-7-13-25(20-26)36-32(38)29-15-8-18-40-29/h1-15,18,20,24,31H,16-17,19H2,(H,36,38)(H,37,39). The lowest BCUT2D eigenvalue weighted by atomic mass is 9.83. The fraction of sp³-hybridized carbons (Fsp3) is 0.147. The Morgan fingerprint density at radius 3 is 2.45 bits per heavy atom. The molecule has 0 radical (unpaired) electrons. The van der Waals surface area contributed by atoms with E-state index in [0.717, 1.165) is 35.3 Å². The molecule has 8 heteroatoms. The summed E-state index contributed by atoms with van der Waals surface area (Å²) in [6, 6.07) is 33.7. The maximum Gasteiger partial charge on any atom is 0.265 e. The Balaban J connectivity index is 1.23. The van der Waals surface area contributed by atoms with Gasteiger partial charge in [-0.1, -0.05) is 72.8 Å². The second-order valence-corrected chi connectivity index (χ2v) is 13.3. The Morgan fingerprint density at radius 1 is 0.929 bits per heavy atom. The minimum Gasteiger partial charge on any atom is -0.321 e. The third-order valence-corrected chi connectivity index (χ3v) is 10.6. The van der Waals surface area contributed by atoms with E-state index in [1.807, 2.05) is 72.1 Å². The number of thiophene rings is 2. The first-order valence-electron chi connectivity index (χ1n) is 13.7. The molecule has 0 saturated carbocycles. The van der Waals surface area contributed by atoms with Crippen LogP contribution in [0.3, 0.4) is 0 Å². The van der Waals surface area contributed by atoms with Gasteiger partial charge in [-0.2, -0.15) is 5.26 Å². The second-order valence-electron chi connectivity index (χ2n) is 10.0. The Labute approximate surface area is 257 Å². The van der Waals surface area contributed by atoms with Crippen LogP contribution >= 0.6 is 34.4 Å².